The molecule has 0 radical (unpaired) electrons. The first kappa shape index (κ1) is 15.0. The number of nitrogens with two attached hydrogens (primary N) is 1. The molecule has 6 heteroatoms. The van der Waals surface area contributed by atoms with E-state index in [2.05, 4.69) is 0 Å². The zero-order chi connectivity index (χ0) is 15.5. The molecule has 0 bridgehead atoms. The molecule has 2 saturated heterocycles. The Bertz CT molecular complexity index is 549. The molecule has 6 nitrogen and oxygen atoms in total. The summed E-state index contributed by atoms with van der Waals surface area (Å²) in [5, 5.41) is 0. The first-order valence-corrected chi connectivity index (χ1v) is 7.60. The number of carbonyl (C=O) groups excluding carboxylic acids is 2. The van der Waals surface area contributed by atoms with Crippen molar-refractivity contribution in [1.29, 1.82) is 0 Å². The molecule has 22 heavy (non-hydrogen) atoms. The monoisotopic (exact) mass is 303 g/mol. The highest BCUT2D eigenvalue weighted by atomic mass is 16.5. The number of benzene rings is 1. The van der Waals surface area contributed by atoms with Crippen LogP contribution in [0.3, 0.4) is 0 Å². The molecular formula is C16H21N3O3. The van der Waals surface area contributed by atoms with Gasteiger partial charge in [-0.3, -0.25) is 9.59 Å². The molecule has 0 unspecified atom stereocenters. The number of morpholine rings is 1. The lowest BCUT2D eigenvalue weighted by Crippen LogP contribution is -2.56. The molecule has 0 aromatic heterocycles. The maximum Gasteiger partial charge on any atom is 0.249 e. The maximum absolute atomic E-state index is 12.7. The van der Waals surface area contributed by atoms with Crippen molar-refractivity contribution in [2.75, 3.05) is 26.3 Å². The molecular weight excluding hydrogens is 282 g/mol. The van der Waals surface area contributed by atoms with Crippen LogP contribution in [0.15, 0.2) is 30.3 Å². The molecule has 2 fully saturated rings. The van der Waals surface area contributed by atoms with Crippen LogP contribution in [-0.2, 0) is 20.9 Å². The summed E-state index contributed by atoms with van der Waals surface area (Å²) in [5.41, 5.74) is 6.88. The lowest BCUT2D eigenvalue weighted by atomic mass is 10.1. The van der Waals surface area contributed by atoms with E-state index in [0.717, 1.165) is 12.0 Å². The molecule has 3 rings (SSSR count). The number of likely N-dealkylation sites (tertiary alicyclic amines) is 1. The van der Waals surface area contributed by atoms with E-state index >= 15 is 0 Å². The minimum absolute atomic E-state index is 0.0340. The molecule has 118 valence electrons. The molecule has 0 saturated carbocycles. The number of amides is 2. The first-order chi connectivity index (χ1) is 10.6. The van der Waals surface area contributed by atoms with Crippen molar-refractivity contribution >= 4 is 11.8 Å². The number of rotatable bonds is 3. The van der Waals surface area contributed by atoms with Gasteiger partial charge in [-0.15, -0.1) is 0 Å². The summed E-state index contributed by atoms with van der Waals surface area (Å²) in [4.78, 5) is 28.3. The van der Waals surface area contributed by atoms with Crippen LogP contribution < -0.4 is 5.73 Å². The fourth-order valence-corrected chi connectivity index (χ4v) is 2.99. The van der Waals surface area contributed by atoms with E-state index in [1.165, 1.54) is 0 Å². The Labute approximate surface area is 129 Å². The van der Waals surface area contributed by atoms with Gasteiger partial charge in [-0.25, -0.2) is 0 Å². The Kier molecular flexibility index (Phi) is 4.40. The standard InChI is InChI=1S/C16H21N3O3/c17-13-6-7-18(9-13)16(21)14-10-22-11-15(20)19(14)8-12-4-2-1-3-5-12/h1-5,13-14H,6-11,17H2/t13-,14-/m1/s1. The van der Waals surface area contributed by atoms with Gasteiger partial charge < -0.3 is 20.3 Å². The predicted molar refractivity (Wildman–Crippen MR) is 80.8 cm³/mol. The van der Waals surface area contributed by atoms with Crippen molar-refractivity contribution < 1.29 is 14.3 Å². The lowest BCUT2D eigenvalue weighted by molar-refractivity contribution is -0.159. The SMILES string of the molecule is N[C@@H]1CCN(C(=O)[C@H]2COCC(=O)N2Cc2ccccc2)C1. The number of carbonyl (C=O) groups is 2. The second-order valence-electron chi connectivity index (χ2n) is 5.87. The topological polar surface area (TPSA) is 75.9 Å². The normalized spacial score (nSPS) is 25.6. The average molecular weight is 303 g/mol. The Morgan fingerprint density at radius 2 is 2.09 bits per heavy atom. The minimum atomic E-state index is -0.549. The summed E-state index contributed by atoms with van der Waals surface area (Å²) in [6, 6.07) is 9.18. The van der Waals surface area contributed by atoms with Gasteiger partial charge >= 0.3 is 0 Å². The first-order valence-electron chi connectivity index (χ1n) is 7.60. The van der Waals surface area contributed by atoms with Crippen molar-refractivity contribution in [2.24, 2.45) is 5.73 Å². The molecule has 2 N–H and O–H groups in total. The molecule has 2 aliphatic rings. The van der Waals surface area contributed by atoms with E-state index in [1.54, 1.807) is 9.80 Å². The second kappa shape index (κ2) is 6.46. The molecule has 2 aliphatic heterocycles. The lowest BCUT2D eigenvalue weighted by Gasteiger charge is -2.36. The van der Waals surface area contributed by atoms with Gasteiger partial charge in [-0.1, -0.05) is 30.3 Å². The van der Waals surface area contributed by atoms with Crippen LogP contribution in [-0.4, -0.2) is 60.0 Å². The predicted octanol–water partition coefficient (Wildman–Crippen LogP) is -0.0264. The van der Waals surface area contributed by atoms with E-state index in [0.29, 0.717) is 19.6 Å². The quantitative estimate of drug-likeness (QED) is 0.851. The van der Waals surface area contributed by atoms with Crippen molar-refractivity contribution in [3.63, 3.8) is 0 Å². The number of nitrogens with zero attached hydrogens (tertiary/aromatic N) is 2. The molecule has 2 heterocycles. The van der Waals surface area contributed by atoms with Gasteiger partial charge in [0.2, 0.25) is 11.8 Å². The zero-order valence-electron chi connectivity index (χ0n) is 12.5. The van der Waals surface area contributed by atoms with Gasteiger partial charge in [-0.2, -0.15) is 0 Å². The van der Waals surface area contributed by atoms with Gasteiger partial charge in [0.05, 0.1) is 6.61 Å². The minimum Gasteiger partial charge on any atom is -0.369 e. The molecule has 1 aromatic carbocycles. The fourth-order valence-electron chi connectivity index (χ4n) is 2.99. The van der Waals surface area contributed by atoms with Crippen molar-refractivity contribution in [3.05, 3.63) is 35.9 Å². The largest absolute Gasteiger partial charge is 0.369 e. The smallest absolute Gasteiger partial charge is 0.249 e. The van der Waals surface area contributed by atoms with Gasteiger partial charge in [0.1, 0.15) is 12.6 Å². The third-order valence-corrected chi connectivity index (χ3v) is 4.22. The zero-order valence-corrected chi connectivity index (χ0v) is 12.5. The van der Waals surface area contributed by atoms with Gasteiger partial charge in [-0.05, 0) is 12.0 Å². The van der Waals surface area contributed by atoms with E-state index in [-0.39, 0.29) is 31.1 Å². The summed E-state index contributed by atoms with van der Waals surface area (Å²) >= 11 is 0. The van der Waals surface area contributed by atoms with Crippen LogP contribution in [0, 0.1) is 0 Å². The summed E-state index contributed by atoms with van der Waals surface area (Å²) in [7, 11) is 0. The number of hydrogen-bond donors (Lipinski definition) is 1. The molecule has 0 aliphatic carbocycles. The van der Waals surface area contributed by atoms with E-state index < -0.39 is 6.04 Å². The van der Waals surface area contributed by atoms with E-state index in [4.69, 9.17) is 10.5 Å². The van der Waals surface area contributed by atoms with Crippen LogP contribution >= 0.6 is 0 Å². The van der Waals surface area contributed by atoms with Crippen LogP contribution in [0.4, 0.5) is 0 Å². The summed E-state index contributed by atoms with van der Waals surface area (Å²) < 4.78 is 5.30. The van der Waals surface area contributed by atoms with Crippen LogP contribution in [0.25, 0.3) is 0 Å². The Morgan fingerprint density at radius 1 is 1.32 bits per heavy atom. The van der Waals surface area contributed by atoms with Crippen molar-refractivity contribution in [1.82, 2.24) is 9.80 Å². The van der Waals surface area contributed by atoms with E-state index in [9.17, 15) is 9.59 Å². The molecule has 1 aromatic rings. The number of ether oxygens (including phenoxy) is 1. The Morgan fingerprint density at radius 3 is 2.77 bits per heavy atom. The van der Waals surface area contributed by atoms with Crippen molar-refractivity contribution in [3.8, 4) is 0 Å². The third kappa shape index (κ3) is 3.13. The third-order valence-electron chi connectivity index (χ3n) is 4.22. The highest BCUT2D eigenvalue weighted by Crippen LogP contribution is 2.18. The fraction of sp³-hybridized carbons (Fsp3) is 0.500. The Hall–Kier alpha value is -1.92. The maximum atomic E-state index is 12.7. The number of hydrogen-bond acceptors (Lipinski definition) is 4. The van der Waals surface area contributed by atoms with Crippen LogP contribution in [0.5, 0.6) is 0 Å². The summed E-state index contributed by atoms with van der Waals surface area (Å²) in [6.07, 6.45) is 0.811. The van der Waals surface area contributed by atoms with Gasteiger partial charge in [0.15, 0.2) is 0 Å². The molecule has 2 amide bonds. The second-order valence-corrected chi connectivity index (χ2v) is 5.87. The Balaban J connectivity index is 1.75. The highest BCUT2D eigenvalue weighted by molar-refractivity contribution is 5.89. The van der Waals surface area contributed by atoms with E-state index in [1.807, 2.05) is 30.3 Å². The van der Waals surface area contributed by atoms with Gasteiger partial charge in [0.25, 0.3) is 0 Å². The van der Waals surface area contributed by atoms with Crippen LogP contribution in [0.2, 0.25) is 0 Å². The summed E-state index contributed by atoms with van der Waals surface area (Å²) in [5.74, 6) is -0.200. The van der Waals surface area contributed by atoms with Gasteiger partial charge in [0, 0.05) is 25.7 Å². The summed E-state index contributed by atoms with van der Waals surface area (Å²) in [6.45, 7) is 1.94. The molecule has 2 atom stereocenters. The van der Waals surface area contributed by atoms with Crippen LogP contribution in [0.1, 0.15) is 12.0 Å². The van der Waals surface area contributed by atoms with Crippen molar-refractivity contribution in [2.45, 2.75) is 25.0 Å². The highest BCUT2D eigenvalue weighted by Gasteiger charge is 2.38. The molecule has 0 spiro atoms. The average Bonchev–Trinajstić information content (AvgIpc) is 2.96.